The number of hydrogen-bond acceptors (Lipinski definition) is 4. The largest absolute Gasteiger partial charge is 0.398 e. The van der Waals surface area contributed by atoms with Gasteiger partial charge in [0.15, 0.2) is 0 Å². The van der Waals surface area contributed by atoms with Crippen LogP contribution in [0, 0.1) is 10.1 Å². The molecule has 0 atom stereocenters. The highest BCUT2D eigenvalue weighted by Crippen LogP contribution is 2.29. The zero-order valence-corrected chi connectivity index (χ0v) is 9.33. The van der Waals surface area contributed by atoms with E-state index in [0.717, 1.165) is 16.3 Å². The van der Waals surface area contributed by atoms with Crippen molar-refractivity contribution in [3.63, 3.8) is 0 Å². The molecule has 5 nitrogen and oxygen atoms in total. The standard InChI is InChI=1S/C13H9N3O2/c14-13-9-3-1-2-4-11(9)15-12-7-8(16(17)18)5-6-10(12)13/h1-7H,(H2,14,15). The summed E-state index contributed by atoms with van der Waals surface area (Å²) in [6.45, 7) is 0. The van der Waals surface area contributed by atoms with Crippen molar-refractivity contribution in [1.82, 2.24) is 4.98 Å². The van der Waals surface area contributed by atoms with Crippen LogP contribution in [0.5, 0.6) is 0 Å². The summed E-state index contributed by atoms with van der Waals surface area (Å²) in [4.78, 5) is 14.7. The second-order valence-electron chi connectivity index (χ2n) is 4.00. The van der Waals surface area contributed by atoms with Crippen LogP contribution >= 0.6 is 0 Å². The van der Waals surface area contributed by atoms with Crippen molar-refractivity contribution in [2.75, 3.05) is 5.73 Å². The zero-order chi connectivity index (χ0) is 12.7. The third kappa shape index (κ3) is 1.45. The number of nitro groups is 1. The first-order valence-corrected chi connectivity index (χ1v) is 5.39. The summed E-state index contributed by atoms with van der Waals surface area (Å²) in [5, 5.41) is 12.3. The summed E-state index contributed by atoms with van der Waals surface area (Å²) >= 11 is 0. The Bertz CT molecular complexity index is 784. The van der Waals surface area contributed by atoms with Crippen molar-refractivity contribution >= 4 is 33.2 Å². The van der Waals surface area contributed by atoms with E-state index in [-0.39, 0.29) is 5.69 Å². The highest BCUT2D eigenvalue weighted by Gasteiger charge is 2.10. The van der Waals surface area contributed by atoms with Crippen LogP contribution in [0.1, 0.15) is 0 Å². The van der Waals surface area contributed by atoms with Crippen molar-refractivity contribution in [3.05, 3.63) is 52.6 Å². The molecule has 0 aliphatic rings. The summed E-state index contributed by atoms with van der Waals surface area (Å²) in [5.41, 5.74) is 7.97. The Morgan fingerprint density at radius 1 is 1.06 bits per heavy atom. The van der Waals surface area contributed by atoms with Crippen LogP contribution in [0.2, 0.25) is 0 Å². The number of anilines is 1. The van der Waals surface area contributed by atoms with E-state index in [1.807, 2.05) is 24.3 Å². The lowest BCUT2D eigenvalue weighted by atomic mass is 10.1. The molecular weight excluding hydrogens is 230 g/mol. The van der Waals surface area contributed by atoms with Gasteiger partial charge in [-0.3, -0.25) is 10.1 Å². The molecule has 2 N–H and O–H groups in total. The third-order valence-corrected chi connectivity index (χ3v) is 2.92. The predicted molar refractivity (Wildman–Crippen MR) is 70.3 cm³/mol. The molecule has 0 aliphatic carbocycles. The van der Waals surface area contributed by atoms with Gasteiger partial charge >= 0.3 is 0 Å². The van der Waals surface area contributed by atoms with Crippen LogP contribution in [0.4, 0.5) is 11.4 Å². The van der Waals surface area contributed by atoms with Gasteiger partial charge in [0.25, 0.3) is 5.69 Å². The van der Waals surface area contributed by atoms with Gasteiger partial charge in [-0.2, -0.15) is 0 Å². The molecule has 0 unspecified atom stereocenters. The molecule has 0 radical (unpaired) electrons. The lowest BCUT2D eigenvalue weighted by Crippen LogP contribution is -1.94. The van der Waals surface area contributed by atoms with Crippen LogP contribution < -0.4 is 5.73 Å². The Balaban J connectivity index is 2.44. The van der Waals surface area contributed by atoms with E-state index in [1.165, 1.54) is 12.1 Å². The van der Waals surface area contributed by atoms with Crippen LogP contribution in [0.3, 0.4) is 0 Å². The quantitative estimate of drug-likeness (QED) is 0.402. The number of nitrogens with two attached hydrogens (primary N) is 1. The average Bonchev–Trinajstić information content (AvgIpc) is 2.38. The van der Waals surface area contributed by atoms with Crippen molar-refractivity contribution < 1.29 is 4.92 Å². The molecule has 2 aromatic carbocycles. The summed E-state index contributed by atoms with van der Waals surface area (Å²) in [6.07, 6.45) is 0. The minimum absolute atomic E-state index is 0.0182. The normalized spacial score (nSPS) is 10.9. The number of pyridine rings is 1. The zero-order valence-electron chi connectivity index (χ0n) is 9.33. The Labute approximate surface area is 102 Å². The van der Waals surface area contributed by atoms with Gasteiger partial charge in [0.2, 0.25) is 0 Å². The van der Waals surface area contributed by atoms with Crippen LogP contribution in [-0.2, 0) is 0 Å². The lowest BCUT2D eigenvalue weighted by molar-refractivity contribution is -0.384. The number of nitrogens with zero attached hydrogens (tertiary/aromatic N) is 2. The predicted octanol–water partition coefficient (Wildman–Crippen LogP) is 2.88. The molecule has 0 bridgehead atoms. The molecule has 3 aromatic rings. The lowest BCUT2D eigenvalue weighted by Gasteiger charge is -2.06. The third-order valence-electron chi connectivity index (χ3n) is 2.92. The van der Waals surface area contributed by atoms with E-state index in [9.17, 15) is 10.1 Å². The summed E-state index contributed by atoms with van der Waals surface area (Å²) in [6, 6.07) is 12.0. The summed E-state index contributed by atoms with van der Waals surface area (Å²) < 4.78 is 0. The van der Waals surface area contributed by atoms with Gasteiger partial charge in [0, 0.05) is 22.9 Å². The first kappa shape index (κ1) is 10.5. The topological polar surface area (TPSA) is 82.0 Å². The first-order valence-electron chi connectivity index (χ1n) is 5.39. The van der Waals surface area contributed by atoms with Gasteiger partial charge in [-0.25, -0.2) is 4.98 Å². The molecule has 0 saturated heterocycles. The second kappa shape index (κ2) is 3.66. The van der Waals surface area contributed by atoms with Crippen molar-refractivity contribution in [1.29, 1.82) is 0 Å². The smallest absolute Gasteiger partial charge is 0.271 e. The van der Waals surface area contributed by atoms with E-state index in [4.69, 9.17) is 5.73 Å². The van der Waals surface area contributed by atoms with Crippen LogP contribution in [0.25, 0.3) is 21.8 Å². The minimum atomic E-state index is -0.438. The highest BCUT2D eigenvalue weighted by atomic mass is 16.6. The van der Waals surface area contributed by atoms with Crippen molar-refractivity contribution in [3.8, 4) is 0 Å². The van der Waals surface area contributed by atoms with Gasteiger partial charge in [-0.05, 0) is 12.1 Å². The van der Waals surface area contributed by atoms with Gasteiger partial charge in [0.1, 0.15) is 0 Å². The second-order valence-corrected chi connectivity index (χ2v) is 4.00. The molecule has 18 heavy (non-hydrogen) atoms. The number of non-ortho nitro benzene ring substituents is 1. The maximum absolute atomic E-state index is 10.7. The molecule has 0 fully saturated rings. The number of hydrogen-bond donors (Lipinski definition) is 1. The van der Waals surface area contributed by atoms with Gasteiger partial charge < -0.3 is 5.73 Å². The molecule has 0 amide bonds. The number of para-hydroxylation sites is 1. The Kier molecular flexibility index (Phi) is 2.13. The molecule has 3 rings (SSSR count). The van der Waals surface area contributed by atoms with E-state index in [2.05, 4.69) is 4.98 Å². The maximum atomic E-state index is 10.7. The number of nitro benzene ring substituents is 1. The molecular formula is C13H9N3O2. The average molecular weight is 239 g/mol. The number of benzene rings is 2. The molecule has 88 valence electrons. The summed E-state index contributed by atoms with van der Waals surface area (Å²) in [7, 11) is 0. The molecule has 1 aromatic heterocycles. The van der Waals surface area contributed by atoms with Gasteiger partial charge in [-0.15, -0.1) is 0 Å². The van der Waals surface area contributed by atoms with E-state index in [0.29, 0.717) is 11.2 Å². The fourth-order valence-electron chi connectivity index (χ4n) is 2.03. The summed E-state index contributed by atoms with van der Waals surface area (Å²) in [5.74, 6) is 0. The minimum Gasteiger partial charge on any atom is -0.398 e. The Hall–Kier alpha value is -2.69. The number of rotatable bonds is 1. The number of fused-ring (bicyclic) bond motifs is 2. The number of aromatic nitrogens is 1. The van der Waals surface area contributed by atoms with Crippen molar-refractivity contribution in [2.45, 2.75) is 0 Å². The Morgan fingerprint density at radius 3 is 2.56 bits per heavy atom. The molecule has 1 heterocycles. The molecule has 0 aliphatic heterocycles. The van der Waals surface area contributed by atoms with Crippen LogP contribution in [-0.4, -0.2) is 9.91 Å². The molecule has 0 spiro atoms. The Morgan fingerprint density at radius 2 is 1.78 bits per heavy atom. The monoisotopic (exact) mass is 239 g/mol. The van der Waals surface area contributed by atoms with E-state index < -0.39 is 4.92 Å². The maximum Gasteiger partial charge on any atom is 0.271 e. The van der Waals surface area contributed by atoms with Gasteiger partial charge in [-0.1, -0.05) is 18.2 Å². The fraction of sp³-hybridized carbons (Fsp3) is 0. The van der Waals surface area contributed by atoms with Crippen LogP contribution in [0.15, 0.2) is 42.5 Å². The van der Waals surface area contributed by atoms with Gasteiger partial charge in [0.05, 0.1) is 21.6 Å². The number of nitrogen functional groups attached to an aromatic ring is 1. The molecule has 0 saturated carbocycles. The highest BCUT2D eigenvalue weighted by molar-refractivity contribution is 6.06. The SMILES string of the molecule is Nc1c2ccccc2nc2cc([N+](=O)[O-])ccc12. The fourth-order valence-corrected chi connectivity index (χ4v) is 2.03. The first-order chi connectivity index (χ1) is 8.66. The van der Waals surface area contributed by atoms with E-state index in [1.54, 1.807) is 6.07 Å². The van der Waals surface area contributed by atoms with E-state index >= 15 is 0 Å². The molecule has 5 heteroatoms. The van der Waals surface area contributed by atoms with Crippen molar-refractivity contribution in [2.24, 2.45) is 0 Å².